The van der Waals surface area contributed by atoms with Crippen LogP contribution < -0.4 is 11.1 Å². The summed E-state index contributed by atoms with van der Waals surface area (Å²) in [5.41, 5.74) is 5.69. The highest BCUT2D eigenvalue weighted by Gasteiger charge is 2.18. The van der Waals surface area contributed by atoms with Gasteiger partial charge in [0.15, 0.2) is 10.8 Å². The molecule has 6 nitrogen and oxygen atoms in total. The summed E-state index contributed by atoms with van der Waals surface area (Å²) in [4.78, 5) is 26.7. The monoisotopic (exact) mass is 257 g/mol. The van der Waals surface area contributed by atoms with Crippen molar-refractivity contribution in [2.24, 2.45) is 0 Å². The summed E-state index contributed by atoms with van der Waals surface area (Å²) in [5, 5.41) is 3.15. The highest BCUT2D eigenvalue weighted by Crippen LogP contribution is 2.26. The predicted octanol–water partition coefficient (Wildman–Crippen LogP) is 1.64. The SMILES string of the molecule is CCCC(=O)Nc1nc(C(=O)OCC)c(N)s1. The van der Waals surface area contributed by atoms with Crippen molar-refractivity contribution in [3.8, 4) is 0 Å². The Labute approximate surface area is 103 Å². The van der Waals surface area contributed by atoms with E-state index in [2.05, 4.69) is 10.3 Å². The van der Waals surface area contributed by atoms with E-state index in [9.17, 15) is 9.59 Å². The van der Waals surface area contributed by atoms with Crippen molar-refractivity contribution >= 4 is 33.3 Å². The molecule has 0 spiro atoms. The zero-order valence-electron chi connectivity index (χ0n) is 9.78. The van der Waals surface area contributed by atoms with Crippen LogP contribution in [0.4, 0.5) is 10.1 Å². The number of anilines is 2. The largest absolute Gasteiger partial charge is 0.461 e. The number of nitrogen functional groups attached to an aromatic ring is 1. The average molecular weight is 257 g/mol. The van der Waals surface area contributed by atoms with Crippen LogP contribution in [0.3, 0.4) is 0 Å². The third kappa shape index (κ3) is 3.70. The van der Waals surface area contributed by atoms with E-state index in [-0.39, 0.29) is 23.2 Å². The fraction of sp³-hybridized carbons (Fsp3) is 0.500. The second kappa shape index (κ2) is 6.19. The lowest BCUT2D eigenvalue weighted by molar-refractivity contribution is -0.116. The van der Waals surface area contributed by atoms with Gasteiger partial charge in [0, 0.05) is 6.42 Å². The van der Waals surface area contributed by atoms with E-state index in [1.807, 2.05) is 6.92 Å². The molecule has 1 rings (SSSR count). The number of rotatable bonds is 5. The molecular weight excluding hydrogens is 242 g/mol. The number of carbonyl (C=O) groups excluding carboxylic acids is 2. The fourth-order valence-electron chi connectivity index (χ4n) is 1.14. The second-order valence-electron chi connectivity index (χ2n) is 3.25. The summed E-state index contributed by atoms with van der Waals surface area (Å²) in [6.45, 7) is 3.86. The standard InChI is InChI=1S/C10H15N3O3S/c1-3-5-6(14)12-10-13-7(8(11)17-10)9(15)16-4-2/h3-5,11H2,1-2H3,(H,12,13,14). The van der Waals surface area contributed by atoms with Crippen molar-refractivity contribution in [1.82, 2.24) is 4.98 Å². The Kier molecular flexibility index (Phi) is 4.89. The normalized spacial score (nSPS) is 10.0. The van der Waals surface area contributed by atoms with Crippen LogP contribution in [0, 0.1) is 0 Å². The quantitative estimate of drug-likeness (QED) is 0.782. The molecule has 1 amide bonds. The van der Waals surface area contributed by atoms with E-state index in [1.54, 1.807) is 6.92 Å². The van der Waals surface area contributed by atoms with Crippen LogP contribution in [0.15, 0.2) is 0 Å². The van der Waals surface area contributed by atoms with Crippen LogP contribution in [0.5, 0.6) is 0 Å². The molecule has 0 aliphatic rings. The van der Waals surface area contributed by atoms with Crippen LogP contribution in [-0.4, -0.2) is 23.5 Å². The van der Waals surface area contributed by atoms with E-state index in [0.29, 0.717) is 11.6 Å². The van der Waals surface area contributed by atoms with E-state index < -0.39 is 5.97 Å². The van der Waals surface area contributed by atoms with E-state index in [1.165, 1.54) is 0 Å². The number of hydrogen-bond acceptors (Lipinski definition) is 6. The molecule has 7 heteroatoms. The van der Waals surface area contributed by atoms with Gasteiger partial charge in [0.2, 0.25) is 5.91 Å². The molecule has 17 heavy (non-hydrogen) atoms. The van der Waals surface area contributed by atoms with Crippen molar-refractivity contribution in [3.05, 3.63) is 5.69 Å². The second-order valence-corrected chi connectivity index (χ2v) is 4.28. The third-order valence-corrected chi connectivity index (χ3v) is 2.65. The van der Waals surface area contributed by atoms with Crippen molar-refractivity contribution in [2.75, 3.05) is 17.7 Å². The van der Waals surface area contributed by atoms with Gasteiger partial charge in [0.25, 0.3) is 0 Å². The molecule has 94 valence electrons. The van der Waals surface area contributed by atoms with Crippen LogP contribution in [0.25, 0.3) is 0 Å². The lowest BCUT2D eigenvalue weighted by atomic mass is 10.3. The van der Waals surface area contributed by atoms with E-state index >= 15 is 0 Å². The number of amides is 1. The number of hydrogen-bond donors (Lipinski definition) is 2. The summed E-state index contributed by atoms with van der Waals surface area (Å²) < 4.78 is 4.79. The number of aromatic nitrogens is 1. The number of esters is 1. The Morgan fingerprint density at radius 1 is 1.47 bits per heavy atom. The van der Waals surface area contributed by atoms with E-state index in [4.69, 9.17) is 10.5 Å². The third-order valence-electron chi connectivity index (χ3n) is 1.85. The molecular formula is C10H15N3O3S. The lowest BCUT2D eigenvalue weighted by Gasteiger charge is -1.98. The number of nitrogens with one attached hydrogen (secondary N) is 1. The topological polar surface area (TPSA) is 94.3 Å². The highest BCUT2D eigenvalue weighted by atomic mass is 32.1. The fourth-order valence-corrected chi connectivity index (χ4v) is 1.88. The molecule has 0 radical (unpaired) electrons. The molecule has 0 fully saturated rings. The minimum absolute atomic E-state index is 0.0589. The smallest absolute Gasteiger partial charge is 0.360 e. The lowest BCUT2D eigenvalue weighted by Crippen LogP contribution is -2.11. The first-order valence-electron chi connectivity index (χ1n) is 5.31. The minimum atomic E-state index is -0.572. The number of ether oxygens (including phenoxy) is 1. The molecule has 0 bridgehead atoms. The maximum absolute atomic E-state index is 11.4. The summed E-state index contributed by atoms with van der Waals surface area (Å²) in [7, 11) is 0. The molecule has 1 heterocycles. The number of nitrogens with zero attached hydrogens (tertiary/aromatic N) is 1. The zero-order valence-corrected chi connectivity index (χ0v) is 10.6. The summed E-state index contributed by atoms with van der Waals surface area (Å²) in [6, 6.07) is 0. The molecule has 0 aliphatic carbocycles. The van der Waals surface area contributed by atoms with Crippen LogP contribution >= 0.6 is 11.3 Å². The first-order valence-corrected chi connectivity index (χ1v) is 6.13. The Balaban J connectivity index is 2.74. The molecule has 0 saturated heterocycles. The minimum Gasteiger partial charge on any atom is -0.461 e. The number of carbonyl (C=O) groups is 2. The highest BCUT2D eigenvalue weighted by molar-refractivity contribution is 7.19. The number of thiazole rings is 1. The molecule has 0 saturated carbocycles. The first-order chi connectivity index (χ1) is 8.08. The summed E-state index contributed by atoms with van der Waals surface area (Å²) >= 11 is 1.06. The van der Waals surface area contributed by atoms with Crippen molar-refractivity contribution in [1.29, 1.82) is 0 Å². The van der Waals surface area contributed by atoms with Gasteiger partial charge in [-0.2, -0.15) is 0 Å². The average Bonchev–Trinajstić information content (AvgIpc) is 2.60. The van der Waals surface area contributed by atoms with Crippen LogP contribution in [-0.2, 0) is 9.53 Å². The molecule has 1 aromatic heterocycles. The van der Waals surface area contributed by atoms with Gasteiger partial charge >= 0.3 is 5.97 Å². The van der Waals surface area contributed by atoms with Crippen molar-refractivity contribution in [3.63, 3.8) is 0 Å². The molecule has 0 unspecified atom stereocenters. The predicted molar refractivity (Wildman–Crippen MR) is 66.0 cm³/mol. The van der Waals surface area contributed by atoms with Gasteiger partial charge < -0.3 is 15.8 Å². The molecule has 0 aromatic carbocycles. The molecule has 0 atom stereocenters. The first kappa shape index (κ1) is 13.4. The zero-order chi connectivity index (χ0) is 12.8. The van der Waals surface area contributed by atoms with Gasteiger partial charge in [-0.1, -0.05) is 18.3 Å². The molecule has 0 aliphatic heterocycles. The van der Waals surface area contributed by atoms with Crippen molar-refractivity contribution in [2.45, 2.75) is 26.7 Å². The maximum Gasteiger partial charge on any atom is 0.360 e. The Morgan fingerprint density at radius 2 is 2.18 bits per heavy atom. The molecule has 3 N–H and O–H groups in total. The Morgan fingerprint density at radius 3 is 2.76 bits per heavy atom. The summed E-state index contributed by atoms with van der Waals surface area (Å²) in [6.07, 6.45) is 1.16. The van der Waals surface area contributed by atoms with Crippen molar-refractivity contribution < 1.29 is 14.3 Å². The van der Waals surface area contributed by atoms with Gasteiger partial charge in [-0.05, 0) is 13.3 Å². The van der Waals surface area contributed by atoms with Gasteiger partial charge in [-0.25, -0.2) is 9.78 Å². The maximum atomic E-state index is 11.4. The molecule has 1 aromatic rings. The van der Waals surface area contributed by atoms with Gasteiger partial charge in [-0.15, -0.1) is 0 Å². The van der Waals surface area contributed by atoms with Crippen LogP contribution in [0.2, 0.25) is 0 Å². The van der Waals surface area contributed by atoms with Gasteiger partial charge in [-0.3, -0.25) is 4.79 Å². The Bertz CT molecular complexity index is 417. The van der Waals surface area contributed by atoms with Crippen LogP contribution in [0.1, 0.15) is 37.2 Å². The number of nitrogens with two attached hydrogens (primary N) is 1. The van der Waals surface area contributed by atoms with Gasteiger partial charge in [0.05, 0.1) is 6.61 Å². The van der Waals surface area contributed by atoms with E-state index in [0.717, 1.165) is 17.8 Å². The Hall–Kier alpha value is -1.63. The summed E-state index contributed by atoms with van der Waals surface area (Å²) in [5.74, 6) is -0.714. The van der Waals surface area contributed by atoms with Gasteiger partial charge in [0.1, 0.15) is 5.00 Å².